The zero-order chi connectivity index (χ0) is 17.8. The van der Waals surface area contributed by atoms with E-state index in [1.54, 1.807) is 18.3 Å². The van der Waals surface area contributed by atoms with Crippen molar-refractivity contribution < 1.29 is 24.4 Å². The molecule has 130 valence electrons. The summed E-state index contributed by atoms with van der Waals surface area (Å²) in [4.78, 5) is 27.3. The summed E-state index contributed by atoms with van der Waals surface area (Å²) in [5.41, 5.74) is 3.28. The van der Waals surface area contributed by atoms with Crippen LogP contribution in [0.25, 0.3) is 0 Å². The van der Waals surface area contributed by atoms with E-state index in [0.29, 0.717) is 5.75 Å². The Labute approximate surface area is 148 Å². The average Bonchev–Trinajstić information content (AvgIpc) is 2.94. The van der Waals surface area contributed by atoms with Crippen molar-refractivity contribution in [1.82, 2.24) is 4.90 Å². The van der Waals surface area contributed by atoms with Crippen molar-refractivity contribution in [3.05, 3.63) is 26.7 Å². The van der Waals surface area contributed by atoms with E-state index in [-0.39, 0.29) is 23.6 Å². The molecule has 1 aromatic heterocycles. The first-order chi connectivity index (χ1) is 11.3. The van der Waals surface area contributed by atoms with Crippen LogP contribution in [0.15, 0.2) is 16.1 Å². The van der Waals surface area contributed by atoms with Crippen molar-refractivity contribution in [1.29, 1.82) is 0 Å². The molecule has 0 aromatic carbocycles. The smallest absolute Gasteiger partial charge is 0.353 e. The number of amides is 1. The minimum Gasteiger partial charge on any atom is -0.477 e. The molecule has 0 saturated carbocycles. The first kappa shape index (κ1) is 17.4. The highest BCUT2D eigenvalue weighted by atomic mass is 32.2. The molecule has 0 bridgehead atoms. The first-order valence-electron chi connectivity index (χ1n) is 7.79. The normalized spacial score (nSPS) is 27.3. The number of fused-ring (bicyclic) bond motifs is 1. The van der Waals surface area contributed by atoms with Crippen LogP contribution in [0.3, 0.4) is 0 Å². The van der Waals surface area contributed by atoms with Crippen LogP contribution in [-0.4, -0.2) is 39.1 Å². The molecule has 0 radical (unpaired) electrons. The number of rotatable bonds is 5. The Bertz CT molecular complexity index is 740. The molecule has 2 N–H and O–H groups in total. The fourth-order valence-corrected chi connectivity index (χ4v) is 5.93. The van der Waals surface area contributed by atoms with Crippen molar-refractivity contribution in [3.8, 4) is 0 Å². The molecule has 3 heterocycles. The van der Waals surface area contributed by atoms with Gasteiger partial charge in [-0.2, -0.15) is 4.57 Å². The molecule has 6 nitrogen and oxygen atoms in total. The summed E-state index contributed by atoms with van der Waals surface area (Å²) in [6, 6.07) is -0.244. The van der Waals surface area contributed by atoms with Gasteiger partial charge in [0.1, 0.15) is 12.7 Å². The largest absolute Gasteiger partial charge is 0.477 e. The second-order valence-electron chi connectivity index (χ2n) is 6.40. The second-order valence-corrected chi connectivity index (χ2v) is 8.36. The number of carbonyl (C=O) groups excluding carboxylic acids is 1. The van der Waals surface area contributed by atoms with Crippen molar-refractivity contribution in [2.75, 3.05) is 0 Å². The summed E-state index contributed by atoms with van der Waals surface area (Å²) < 4.78 is 2.05. The number of carboxylic acids is 1. The van der Waals surface area contributed by atoms with E-state index in [9.17, 15) is 19.8 Å². The number of aliphatic carboxylic acids is 1. The van der Waals surface area contributed by atoms with Gasteiger partial charge in [0.2, 0.25) is 11.4 Å². The maximum atomic E-state index is 12.3. The molecule has 24 heavy (non-hydrogen) atoms. The van der Waals surface area contributed by atoms with Crippen LogP contribution in [0.2, 0.25) is 0 Å². The van der Waals surface area contributed by atoms with Gasteiger partial charge in [0, 0.05) is 23.5 Å². The van der Waals surface area contributed by atoms with E-state index >= 15 is 0 Å². The number of aliphatic hydroxyl groups is 1. The molecule has 2 unspecified atom stereocenters. The standard InChI is InChI=1S/C16H20N2O4S2/c1-7-12-11(9(3)19)15(20)18(12)13(16(21)22)14(7)23-5-10-8(2)17(4)6-24-10/h6-7,9,11-12,19H,5H2,1-4H3/p+1/t7-,9-,11?,12?/m1/s1. The Hall–Kier alpha value is -1.38. The zero-order valence-electron chi connectivity index (χ0n) is 14.0. The molecule has 1 aromatic rings. The van der Waals surface area contributed by atoms with Crippen LogP contribution in [0, 0.1) is 18.8 Å². The van der Waals surface area contributed by atoms with Crippen LogP contribution >= 0.6 is 23.1 Å². The van der Waals surface area contributed by atoms with E-state index in [1.165, 1.54) is 21.5 Å². The van der Waals surface area contributed by atoms with Gasteiger partial charge in [0.15, 0.2) is 5.69 Å². The molecule has 0 spiro atoms. The molecule has 1 fully saturated rings. The van der Waals surface area contributed by atoms with Gasteiger partial charge < -0.3 is 15.1 Å². The maximum Gasteiger partial charge on any atom is 0.353 e. The number of β-lactam (4-membered cyclic amide) rings is 1. The lowest BCUT2D eigenvalue weighted by Gasteiger charge is -2.46. The van der Waals surface area contributed by atoms with E-state index in [1.807, 2.05) is 31.0 Å². The SMILES string of the molecule is Cc1c(CSC2=C(C(=O)O)N3C(=O)C([C@@H](C)O)C3[C@H]2C)sc[n+]1C. The van der Waals surface area contributed by atoms with Gasteiger partial charge in [-0.25, -0.2) is 4.79 Å². The van der Waals surface area contributed by atoms with Gasteiger partial charge in [-0.05, 0) is 6.92 Å². The minimum absolute atomic E-state index is 0.0765. The summed E-state index contributed by atoms with van der Waals surface area (Å²) in [5.74, 6) is -1.26. The molecule has 4 atom stereocenters. The number of carboxylic acid groups (broad SMARTS) is 1. The Kier molecular flexibility index (Phi) is 4.48. The molecular formula is C16H21N2O4S2+. The van der Waals surface area contributed by atoms with Crippen molar-refractivity contribution in [2.24, 2.45) is 18.9 Å². The summed E-state index contributed by atoms with van der Waals surface area (Å²) in [6.45, 7) is 5.57. The molecule has 8 heteroatoms. The highest BCUT2D eigenvalue weighted by Gasteiger charge is 2.59. The zero-order valence-corrected chi connectivity index (χ0v) is 15.6. The summed E-state index contributed by atoms with van der Waals surface area (Å²) in [6.07, 6.45) is -0.765. The van der Waals surface area contributed by atoms with E-state index in [0.717, 1.165) is 10.6 Å². The van der Waals surface area contributed by atoms with Crippen molar-refractivity contribution >= 4 is 35.0 Å². The summed E-state index contributed by atoms with van der Waals surface area (Å²) in [5, 5.41) is 19.4. The highest BCUT2D eigenvalue weighted by Crippen LogP contribution is 2.51. The molecule has 2 aliphatic heterocycles. The van der Waals surface area contributed by atoms with Gasteiger partial charge in [0.05, 0.1) is 22.9 Å². The number of thioether (sulfide) groups is 1. The summed E-state index contributed by atoms with van der Waals surface area (Å²) >= 11 is 3.14. The van der Waals surface area contributed by atoms with Crippen LogP contribution < -0.4 is 4.57 Å². The Morgan fingerprint density at radius 1 is 1.54 bits per heavy atom. The quantitative estimate of drug-likeness (QED) is 0.603. The Morgan fingerprint density at radius 3 is 2.71 bits per heavy atom. The molecule has 1 amide bonds. The lowest BCUT2D eigenvalue weighted by atomic mass is 9.79. The lowest BCUT2D eigenvalue weighted by molar-refractivity contribution is -0.672. The number of aromatic nitrogens is 1. The number of aryl methyl sites for hydroxylation is 1. The molecule has 0 aliphatic carbocycles. The van der Waals surface area contributed by atoms with Crippen LogP contribution in [0.1, 0.15) is 24.4 Å². The summed E-state index contributed by atoms with van der Waals surface area (Å²) in [7, 11) is 1.98. The van der Waals surface area contributed by atoms with E-state index in [2.05, 4.69) is 0 Å². The van der Waals surface area contributed by atoms with Crippen LogP contribution in [0.5, 0.6) is 0 Å². The Morgan fingerprint density at radius 2 is 2.21 bits per heavy atom. The topological polar surface area (TPSA) is 81.7 Å². The third-order valence-corrected chi connectivity index (χ3v) is 7.59. The third-order valence-electron chi connectivity index (χ3n) is 4.96. The van der Waals surface area contributed by atoms with Crippen LogP contribution in [-0.2, 0) is 22.4 Å². The predicted octanol–water partition coefficient (Wildman–Crippen LogP) is 1.27. The van der Waals surface area contributed by atoms with Gasteiger partial charge in [-0.1, -0.05) is 18.3 Å². The number of hydrogen-bond acceptors (Lipinski definition) is 5. The lowest BCUT2D eigenvalue weighted by Crippen LogP contribution is -2.63. The number of aliphatic hydroxyl groups excluding tert-OH is 1. The molecular weight excluding hydrogens is 348 g/mol. The van der Waals surface area contributed by atoms with Gasteiger partial charge in [-0.15, -0.1) is 11.8 Å². The number of thiazole rings is 1. The molecule has 1 saturated heterocycles. The predicted molar refractivity (Wildman–Crippen MR) is 91.2 cm³/mol. The third kappa shape index (κ3) is 2.48. The molecule has 3 rings (SSSR count). The maximum absolute atomic E-state index is 12.3. The van der Waals surface area contributed by atoms with Gasteiger partial charge in [-0.3, -0.25) is 4.79 Å². The van der Waals surface area contributed by atoms with Gasteiger partial charge >= 0.3 is 5.97 Å². The van der Waals surface area contributed by atoms with Crippen molar-refractivity contribution in [2.45, 2.75) is 38.7 Å². The fraction of sp³-hybridized carbons (Fsp3) is 0.562. The van der Waals surface area contributed by atoms with E-state index in [4.69, 9.17) is 0 Å². The van der Waals surface area contributed by atoms with Crippen LogP contribution in [0.4, 0.5) is 0 Å². The van der Waals surface area contributed by atoms with Gasteiger partial charge in [0.25, 0.3) is 0 Å². The first-order valence-corrected chi connectivity index (χ1v) is 9.66. The Balaban J connectivity index is 1.87. The monoisotopic (exact) mass is 369 g/mol. The second kappa shape index (κ2) is 6.16. The number of carbonyl (C=O) groups is 2. The highest BCUT2D eigenvalue weighted by molar-refractivity contribution is 8.02. The van der Waals surface area contributed by atoms with Crippen molar-refractivity contribution in [3.63, 3.8) is 0 Å². The fourth-order valence-electron chi connectivity index (χ4n) is 3.50. The average molecular weight is 369 g/mol. The molecule has 2 aliphatic rings. The minimum atomic E-state index is -1.07. The van der Waals surface area contributed by atoms with E-state index < -0.39 is 18.0 Å². The number of nitrogens with zero attached hydrogens (tertiary/aromatic N) is 2. The number of hydrogen-bond donors (Lipinski definition) is 2.